The Labute approximate surface area is 154 Å². The van der Waals surface area contributed by atoms with Gasteiger partial charge >= 0.3 is 6.18 Å². The van der Waals surface area contributed by atoms with Gasteiger partial charge in [0.2, 0.25) is 0 Å². The van der Waals surface area contributed by atoms with Crippen molar-refractivity contribution in [1.29, 1.82) is 0 Å². The number of rotatable bonds is 2. The summed E-state index contributed by atoms with van der Waals surface area (Å²) < 4.78 is 41.8. The summed E-state index contributed by atoms with van der Waals surface area (Å²) in [5, 5.41) is 9.96. The predicted octanol–water partition coefficient (Wildman–Crippen LogP) is 3.66. The van der Waals surface area contributed by atoms with Crippen molar-refractivity contribution in [2.75, 3.05) is 5.73 Å². The maximum absolute atomic E-state index is 13.2. The van der Waals surface area contributed by atoms with Crippen LogP contribution >= 0.6 is 22.6 Å². The van der Waals surface area contributed by atoms with Crippen LogP contribution in [-0.2, 0) is 5.60 Å². The Morgan fingerprint density at radius 2 is 1.96 bits per heavy atom. The van der Waals surface area contributed by atoms with Crippen molar-refractivity contribution >= 4 is 34.1 Å². The number of nitrogens with two attached hydrogens (primary N) is 1. The van der Waals surface area contributed by atoms with E-state index >= 15 is 0 Å². The standard InChI is InChI=1S/C16H14F3IN4O/c1-8-3-4-9(15(2,25)16(17,18)19)5-10(8)11-6-22-14-13(21)23-12(20)7-24(11)14/h3-7,25H,1-2H3,(H2,21,23). The van der Waals surface area contributed by atoms with Crippen molar-refractivity contribution in [1.82, 2.24) is 14.4 Å². The molecule has 2 aromatic heterocycles. The van der Waals surface area contributed by atoms with Gasteiger partial charge in [0.1, 0.15) is 3.70 Å². The Hall–Kier alpha value is -1.88. The summed E-state index contributed by atoms with van der Waals surface area (Å²) in [7, 11) is 0. The quantitative estimate of drug-likeness (QED) is 0.571. The summed E-state index contributed by atoms with van der Waals surface area (Å²) in [4.78, 5) is 8.32. The fourth-order valence-corrected chi connectivity index (χ4v) is 3.08. The number of fused-ring (bicyclic) bond motifs is 1. The molecule has 0 bridgehead atoms. The number of anilines is 1. The molecule has 0 aliphatic carbocycles. The summed E-state index contributed by atoms with van der Waals surface area (Å²) in [6.07, 6.45) is -1.57. The monoisotopic (exact) mass is 462 g/mol. The maximum Gasteiger partial charge on any atom is 0.421 e. The topological polar surface area (TPSA) is 76.4 Å². The van der Waals surface area contributed by atoms with Gasteiger partial charge < -0.3 is 10.8 Å². The summed E-state index contributed by atoms with van der Waals surface area (Å²) in [6, 6.07) is 4.14. The van der Waals surface area contributed by atoms with Gasteiger partial charge in [0, 0.05) is 11.8 Å². The van der Waals surface area contributed by atoms with E-state index in [1.54, 1.807) is 23.6 Å². The third-order valence-electron chi connectivity index (χ3n) is 4.12. The Morgan fingerprint density at radius 3 is 2.60 bits per heavy atom. The number of aryl methyl sites for hydroxylation is 1. The molecule has 0 radical (unpaired) electrons. The summed E-state index contributed by atoms with van der Waals surface area (Å²) in [5.41, 5.74) is 4.91. The van der Waals surface area contributed by atoms with Gasteiger partial charge in [0.05, 0.1) is 11.9 Å². The Kier molecular flexibility index (Phi) is 4.18. The van der Waals surface area contributed by atoms with Gasteiger partial charge in [-0.1, -0.05) is 12.1 Å². The lowest BCUT2D eigenvalue weighted by Crippen LogP contribution is -2.39. The summed E-state index contributed by atoms with van der Waals surface area (Å²) in [5.74, 6) is 0.231. The smallest absolute Gasteiger partial charge is 0.381 e. The zero-order chi connectivity index (χ0) is 18.6. The Balaban J connectivity index is 2.24. The molecule has 1 unspecified atom stereocenters. The molecule has 0 saturated carbocycles. The second kappa shape index (κ2) is 5.84. The number of benzene rings is 1. The minimum atomic E-state index is -4.79. The van der Waals surface area contributed by atoms with Crippen LogP contribution in [0.1, 0.15) is 18.1 Å². The molecule has 0 spiro atoms. The van der Waals surface area contributed by atoms with Crippen LogP contribution in [0.15, 0.2) is 30.6 Å². The van der Waals surface area contributed by atoms with Crippen LogP contribution in [0, 0.1) is 10.6 Å². The van der Waals surface area contributed by atoms with Crippen LogP contribution in [0.25, 0.3) is 16.9 Å². The highest BCUT2D eigenvalue weighted by molar-refractivity contribution is 14.1. The van der Waals surface area contributed by atoms with Crippen molar-refractivity contribution in [3.05, 3.63) is 45.4 Å². The average molecular weight is 462 g/mol. The minimum absolute atomic E-state index is 0.231. The molecule has 25 heavy (non-hydrogen) atoms. The Bertz CT molecular complexity index is 966. The summed E-state index contributed by atoms with van der Waals surface area (Å²) >= 11 is 2.00. The average Bonchev–Trinajstić information content (AvgIpc) is 2.90. The van der Waals surface area contributed by atoms with Gasteiger partial charge in [0.15, 0.2) is 17.1 Å². The summed E-state index contributed by atoms with van der Waals surface area (Å²) in [6.45, 7) is 2.51. The van der Waals surface area contributed by atoms with Gasteiger partial charge in [-0.05, 0) is 53.6 Å². The first-order valence-corrected chi connectivity index (χ1v) is 8.30. The number of aliphatic hydroxyl groups is 1. The molecule has 9 heteroatoms. The lowest BCUT2D eigenvalue weighted by Gasteiger charge is -2.27. The molecule has 1 aromatic carbocycles. The largest absolute Gasteiger partial charge is 0.421 e. The number of halogens is 4. The van der Waals surface area contributed by atoms with E-state index in [4.69, 9.17) is 5.73 Å². The van der Waals surface area contributed by atoms with Crippen LogP contribution in [0.5, 0.6) is 0 Å². The highest BCUT2D eigenvalue weighted by Crippen LogP contribution is 2.40. The normalized spacial score (nSPS) is 14.7. The van der Waals surface area contributed by atoms with E-state index in [0.29, 0.717) is 20.6 Å². The first-order valence-electron chi connectivity index (χ1n) is 7.22. The SMILES string of the molecule is Cc1ccc(C(C)(O)C(F)(F)F)cc1-c1cnc2c(N)nc(I)cn12. The number of alkyl halides is 3. The van der Waals surface area contributed by atoms with E-state index in [2.05, 4.69) is 9.97 Å². The van der Waals surface area contributed by atoms with Gasteiger partial charge in [-0.25, -0.2) is 9.97 Å². The highest BCUT2D eigenvalue weighted by atomic mass is 127. The van der Waals surface area contributed by atoms with Crippen molar-refractivity contribution in [3.63, 3.8) is 0 Å². The van der Waals surface area contributed by atoms with Gasteiger partial charge in [0.25, 0.3) is 0 Å². The van der Waals surface area contributed by atoms with Crippen LogP contribution in [0.4, 0.5) is 19.0 Å². The van der Waals surface area contributed by atoms with Crippen LogP contribution < -0.4 is 5.73 Å². The van der Waals surface area contributed by atoms with E-state index in [1.165, 1.54) is 18.3 Å². The predicted molar refractivity (Wildman–Crippen MR) is 95.9 cm³/mol. The van der Waals surface area contributed by atoms with Gasteiger partial charge in [-0.15, -0.1) is 0 Å². The molecule has 2 heterocycles. The molecule has 3 N–H and O–H groups in total. The molecule has 1 atom stereocenters. The number of aromatic nitrogens is 3. The number of imidazole rings is 1. The zero-order valence-electron chi connectivity index (χ0n) is 13.3. The second-order valence-corrected chi connectivity index (χ2v) is 6.99. The van der Waals surface area contributed by atoms with Crippen molar-refractivity contribution in [3.8, 4) is 11.3 Å². The van der Waals surface area contributed by atoms with E-state index in [1.807, 2.05) is 22.6 Å². The lowest BCUT2D eigenvalue weighted by atomic mass is 9.91. The van der Waals surface area contributed by atoms with Crippen LogP contribution in [0.2, 0.25) is 0 Å². The molecule has 0 saturated heterocycles. The van der Waals surface area contributed by atoms with Crippen LogP contribution in [-0.4, -0.2) is 25.7 Å². The number of nitrogens with zero attached hydrogens (tertiary/aromatic N) is 3. The van der Waals surface area contributed by atoms with Crippen molar-refractivity contribution < 1.29 is 18.3 Å². The second-order valence-electron chi connectivity index (χ2n) is 5.89. The number of hydrogen-bond acceptors (Lipinski definition) is 4. The van der Waals surface area contributed by atoms with Gasteiger partial charge in [-0.3, -0.25) is 4.40 Å². The highest BCUT2D eigenvalue weighted by Gasteiger charge is 2.51. The van der Waals surface area contributed by atoms with E-state index in [9.17, 15) is 18.3 Å². The Morgan fingerprint density at radius 1 is 1.28 bits per heavy atom. The number of hydrogen-bond donors (Lipinski definition) is 2. The van der Waals surface area contributed by atoms with Crippen LogP contribution in [0.3, 0.4) is 0 Å². The molecular formula is C16H14F3IN4O. The molecule has 0 amide bonds. The lowest BCUT2D eigenvalue weighted by molar-refractivity contribution is -0.258. The van der Waals surface area contributed by atoms with E-state index in [0.717, 1.165) is 12.5 Å². The fraction of sp³-hybridized carbons (Fsp3) is 0.250. The van der Waals surface area contributed by atoms with Crippen molar-refractivity contribution in [2.24, 2.45) is 0 Å². The molecule has 132 valence electrons. The molecule has 0 aliphatic heterocycles. The maximum atomic E-state index is 13.2. The third-order valence-corrected chi connectivity index (χ3v) is 4.64. The zero-order valence-corrected chi connectivity index (χ0v) is 15.4. The molecule has 3 aromatic rings. The van der Waals surface area contributed by atoms with Gasteiger partial charge in [-0.2, -0.15) is 13.2 Å². The molecule has 0 aliphatic rings. The fourth-order valence-electron chi connectivity index (χ4n) is 2.55. The molecule has 3 rings (SSSR count). The first-order chi connectivity index (χ1) is 11.5. The minimum Gasteiger partial charge on any atom is -0.381 e. The molecular weight excluding hydrogens is 448 g/mol. The van der Waals surface area contributed by atoms with E-state index < -0.39 is 11.8 Å². The van der Waals surface area contributed by atoms with E-state index in [-0.39, 0.29) is 11.4 Å². The van der Waals surface area contributed by atoms with Crippen molar-refractivity contribution in [2.45, 2.75) is 25.6 Å². The number of nitrogen functional groups attached to an aromatic ring is 1. The molecule has 0 fully saturated rings. The molecule has 5 nitrogen and oxygen atoms in total. The third kappa shape index (κ3) is 2.95. The first kappa shape index (κ1) is 17.9.